The van der Waals surface area contributed by atoms with Crippen LogP contribution in [-0.4, -0.2) is 0 Å². The molecule has 1 radical (unpaired) electrons. The average molecular weight is 112 g/mol. The molecule has 0 unspecified atom stereocenters. The minimum absolute atomic E-state index is 0. The molecule has 0 aromatic heterocycles. The van der Waals surface area contributed by atoms with Crippen LogP contribution in [0, 0.1) is 26.7 Å². The van der Waals surface area contributed by atoms with Gasteiger partial charge in [0.15, 0.2) is 0 Å². The number of hydrogen-bond acceptors (Lipinski definition) is 1. The van der Waals surface area contributed by atoms with Gasteiger partial charge < -0.3 is 26.7 Å². The fourth-order valence-corrected chi connectivity index (χ4v) is 0. The van der Waals surface area contributed by atoms with Crippen molar-refractivity contribution in [2.45, 2.75) is 0 Å². The molecule has 0 aliphatic rings. The van der Waals surface area contributed by atoms with E-state index in [-0.39, 0.29) is 31.9 Å². The van der Waals surface area contributed by atoms with Crippen molar-refractivity contribution in [3.8, 4) is 0 Å². The minimum Gasteiger partial charge on any atom is -0.512 e. The summed E-state index contributed by atoms with van der Waals surface area (Å²) >= 11 is 0. The third-order valence-electron chi connectivity index (χ3n) is 0. The van der Waals surface area contributed by atoms with Crippen molar-refractivity contribution in [3.63, 3.8) is 0 Å². The van der Waals surface area contributed by atoms with Crippen molar-refractivity contribution in [3.05, 3.63) is 21.4 Å². The molecule has 0 bridgehead atoms. The van der Waals surface area contributed by atoms with Gasteiger partial charge in [0.2, 0.25) is 0 Å². The molecule has 5 heavy (non-hydrogen) atoms. The van der Waals surface area contributed by atoms with E-state index in [1.54, 1.807) is 0 Å². The summed E-state index contributed by atoms with van der Waals surface area (Å²) in [6.45, 7) is 4.75. The van der Waals surface area contributed by atoms with Crippen molar-refractivity contribution < 1.29 is 17.1 Å². The smallest absolute Gasteiger partial charge is 0.512 e. The Balaban J connectivity index is -0.00000000167. The zero-order chi connectivity index (χ0) is 2.00. The second-order valence-corrected chi connectivity index (χ2v) is 0. The summed E-state index contributed by atoms with van der Waals surface area (Å²) in [5, 5.41) is 6.25. The first-order valence-electron chi connectivity index (χ1n) is 0.224. The van der Waals surface area contributed by atoms with Gasteiger partial charge >= 0.3 is 17.1 Å². The van der Waals surface area contributed by atoms with Crippen LogP contribution in [-0.2, 0) is 17.1 Å². The van der Waals surface area contributed by atoms with Crippen molar-refractivity contribution in [2.24, 2.45) is 0 Å². The molecule has 0 rings (SSSR count). The Bertz CT molecular complexity index is 11.6. The first kappa shape index (κ1) is 79.0. The summed E-state index contributed by atoms with van der Waals surface area (Å²) in [5.74, 6) is 0. The van der Waals surface area contributed by atoms with E-state index < -0.39 is 0 Å². The predicted octanol–water partition coefficient (Wildman–Crippen LogP) is 0.994. The van der Waals surface area contributed by atoms with E-state index in [0.717, 1.165) is 0 Å². The molecule has 1 nitrogen and oxygen atoms in total. The van der Waals surface area contributed by atoms with E-state index >= 15 is 0 Å². The zero-order valence-electron chi connectivity index (χ0n) is 3.30. The molecule has 0 fully saturated rings. The van der Waals surface area contributed by atoms with Crippen LogP contribution in [0.5, 0.6) is 0 Å². The second kappa shape index (κ2) is 404000. The molecule has 0 saturated carbocycles. The van der Waals surface area contributed by atoms with Gasteiger partial charge in [-0.15, -0.1) is 0 Å². The van der Waals surface area contributed by atoms with E-state index in [1.807, 2.05) is 0 Å². The first-order valence-corrected chi connectivity index (χ1v) is 0.224. The monoisotopic (exact) mass is 112 g/mol. The van der Waals surface area contributed by atoms with Crippen LogP contribution in [0.25, 0.3) is 0 Å². The molecule has 0 aromatic rings. The second-order valence-electron chi connectivity index (χ2n) is 0. The maximum atomic E-state index is 6.25. The molecule has 0 heterocycles. The maximum absolute atomic E-state index is 6.25. The van der Waals surface area contributed by atoms with Crippen LogP contribution >= 0.6 is 0 Å². The van der Waals surface area contributed by atoms with Crippen molar-refractivity contribution in [1.82, 2.24) is 0 Å². The Morgan fingerprint density at radius 2 is 1.00 bits per heavy atom. The number of rotatable bonds is 0. The molecular formula is C3H6FeN. The van der Waals surface area contributed by atoms with Crippen molar-refractivity contribution in [1.29, 1.82) is 5.26 Å². The molecule has 0 aromatic carbocycles. The molecule has 0 N–H and O–H groups in total. The normalized spacial score (nSPS) is 0.400. The Morgan fingerprint density at radius 3 is 1.00 bits per heavy atom. The molecule has 0 amide bonds. The molecule has 0 spiro atoms. The number of nitrogens with zero attached hydrogens (tertiary/aromatic N) is 1. The standard InChI is InChI=1S/CN.2CH3.Fe/c1-2;;;/h;2*1H3;/q3*-1;+3. The van der Waals surface area contributed by atoms with Gasteiger partial charge in [-0.25, -0.2) is 0 Å². The van der Waals surface area contributed by atoms with Crippen molar-refractivity contribution in [2.75, 3.05) is 0 Å². The van der Waals surface area contributed by atoms with Gasteiger partial charge in [0.25, 0.3) is 0 Å². The summed E-state index contributed by atoms with van der Waals surface area (Å²) in [7, 11) is 0. The first-order chi connectivity index (χ1) is 1.00. The Labute approximate surface area is 44.5 Å². The van der Waals surface area contributed by atoms with E-state index in [2.05, 4.69) is 0 Å². The molecular weight excluding hydrogens is 106 g/mol. The fourth-order valence-electron chi connectivity index (χ4n) is 0. The zero-order valence-corrected chi connectivity index (χ0v) is 4.40. The Kier molecular flexibility index (Phi) is 6390000. The van der Waals surface area contributed by atoms with Crippen LogP contribution in [0.2, 0.25) is 0 Å². The summed E-state index contributed by atoms with van der Waals surface area (Å²) in [4.78, 5) is 0. The van der Waals surface area contributed by atoms with Crippen LogP contribution < -0.4 is 0 Å². The third kappa shape index (κ3) is 180000. The predicted molar refractivity (Wildman–Crippen MR) is 17.8 cm³/mol. The van der Waals surface area contributed by atoms with E-state index in [9.17, 15) is 0 Å². The quantitative estimate of drug-likeness (QED) is 0.338. The van der Waals surface area contributed by atoms with Gasteiger partial charge in [0.05, 0.1) is 0 Å². The SMILES string of the molecule is [C-]#N.[CH3-].[CH3-].[Fe+3]. The third-order valence-corrected chi connectivity index (χ3v) is 0. The van der Waals surface area contributed by atoms with Crippen LogP contribution in [0.1, 0.15) is 0 Å². The van der Waals surface area contributed by atoms with Crippen LogP contribution in [0.15, 0.2) is 0 Å². The van der Waals surface area contributed by atoms with Gasteiger partial charge in [0.1, 0.15) is 0 Å². The molecule has 0 atom stereocenters. The molecule has 31 valence electrons. The van der Waals surface area contributed by atoms with Gasteiger partial charge in [-0.2, -0.15) is 0 Å². The molecule has 0 aliphatic carbocycles. The van der Waals surface area contributed by atoms with E-state index in [0.29, 0.717) is 0 Å². The Hall–Kier alpha value is 0.00948. The summed E-state index contributed by atoms with van der Waals surface area (Å²) in [5.41, 5.74) is 0. The molecule has 2 heteroatoms. The largest absolute Gasteiger partial charge is 3.00 e. The van der Waals surface area contributed by atoms with E-state index in [4.69, 9.17) is 11.8 Å². The van der Waals surface area contributed by atoms with Gasteiger partial charge in [-0.3, -0.25) is 0 Å². The Morgan fingerprint density at radius 1 is 1.00 bits per heavy atom. The topological polar surface area (TPSA) is 23.8 Å². The van der Waals surface area contributed by atoms with Gasteiger partial charge in [-0.1, -0.05) is 0 Å². The van der Waals surface area contributed by atoms with Gasteiger partial charge in [-0.05, 0) is 0 Å². The van der Waals surface area contributed by atoms with Crippen molar-refractivity contribution >= 4 is 0 Å². The summed E-state index contributed by atoms with van der Waals surface area (Å²) < 4.78 is 0. The fraction of sp³-hybridized carbons (Fsp3) is 0. The van der Waals surface area contributed by atoms with Crippen LogP contribution in [0.4, 0.5) is 0 Å². The van der Waals surface area contributed by atoms with E-state index in [1.165, 1.54) is 0 Å². The van der Waals surface area contributed by atoms with Gasteiger partial charge in [0, 0.05) is 0 Å². The molecule has 0 saturated heterocycles. The maximum Gasteiger partial charge on any atom is 3.00 e. The summed E-state index contributed by atoms with van der Waals surface area (Å²) in [6, 6.07) is 0. The average Bonchev–Trinajstić information content (AvgIpc) is 1.00. The minimum atomic E-state index is 0. The van der Waals surface area contributed by atoms with Crippen LogP contribution in [0.3, 0.4) is 0 Å². The number of hydrogen-bond donors (Lipinski definition) is 0. The summed E-state index contributed by atoms with van der Waals surface area (Å²) in [6.07, 6.45) is 0. The molecule has 0 aliphatic heterocycles.